The van der Waals surface area contributed by atoms with Crippen LogP contribution < -0.4 is 4.74 Å². The van der Waals surface area contributed by atoms with Crippen molar-refractivity contribution < 1.29 is 4.74 Å². The zero-order chi connectivity index (χ0) is 15.8. The molecule has 1 aliphatic rings. The molecule has 24 heavy (non-hydrogen) atoms. The zero-order valence-corrected chi connectivity index (χ0v) is 13.3. The number of hydrogen-bond acceptors (Lipinski definition) is 1. The number of methoxy groups -OCH3 is 1. The summed E-state index contributed by atoms with van der Waals surface area (Å²) in [4.78, 5) is 0. The summed E-state index contributed by atoms with van der Waals surface area (Å²) in [5.41, 5.74) is 5.26. The van der Waals surface area contributed by atoms with Gasteiger partial charge in [-0.25, -0.2) is 0 Å². The highest BCUT2D eigenvalue weighted by molar-refractivity contribution is 6.31. The lowest BCUT2D eigenvalue weighted by molar-refractivity contribution is 0.415. The number of fused-ring (bicyclic) bond motifs is 3. The average molecular weight is 306 g/mol. The second-order valence-corrected chi connectivity index (χ2v) is 6.57. The summed E-state index contributed by atoms with van der Waals surface area (Å²) in [7, 11) is 1.73. The Hall–Kier alpha value is -3.06. The van der Waals surface area contributed by atoms with E-state index in [9.17, 15) is 0 Å². The molecule has 0 N–H and O–H groups in total. The molecule has 0 aliphatic heterocycles. The molecule has 6 rings (SSSR count). The highest BCUT2D eigenvalue weighted by atomic mass is 16.5. The third-order valence-electron chi connectivity index (χ3n) is 5.44. The summed E-state index contributed by atoms with van der Waals surface area (Å²) in [6.07, 6.45) is 0. The maximum absolute atomic E-state index is 5.46. The van der Waals surface area contributed by atoms with Crippen molar-refractivity contribution in [1.29, 1.82) is 0 Å². The van der Waals surface area contributed by atoms with Gasteiger partial charge in [-0.3, -0.25) is 0 Å². The van der Waals surface area contributed by atoms with E-state index in [1.165, 1.54) is 54.6 Å². The van der Waals surface area contributed by atoms with Gasteiger partial charge >= 0.3 is 0 Å². The lowest BCUT2D eigenvalue weighted by atomic mass is 9.91. The molecule has 0 bridgehead atoms. The SMILES string of the molecule is COc1ccc2c(c1)-c1cc3cccc4ccc5ccc-2c1c5c43. The van der Waals surface area contributed by atoms with Crippen LogP contribution in [0.1, 0.15) is 0 Å². The third-order valence-corrected chi connectivity index (χ3v) is 5.44. The van der Waals surface area contributed by atoms with Crippen molar-refractivity contribution >= 4 is 32.3 Å². The fraction of sp³-hybridized carbons (Fsp3) is 0.0435. The van der Waals surface area contributed by atoms with Crippen LogP contribution >= 0.6 is 0 Å². The second-order valence-electron chi connectivity index (χ2n) is 6.57. The standard InChI is InChI=1S/C23H14O/c1-24-16-8-10-17-18-9-7-14-6-5-13-3-2-4-15-11-20(19(17)12-16)23(18)22(14)21(13)15/h2-12H,1H3. The van der Waals surface area contributed by atoms with E-state index in [0.29, 0.717) is 0 Å². The normalized spacial score (nSPS) is 12.4. The van der Waals surface area contributed by atoms with Gasteiger partial charge in [0.25, 0.3) is 0 Å². The van der Waals surface area contributed by atoms with Crippen molar-refractivity contribution in [1.82, 2.24) is 0 Å². The number of benzene rings is 5. The summed E-state index contributed by atoms with van der Waals surface area (Å²) < 4.78 is 5.46. The van der Waals surface area contributed by atoms with Gasteiger partial charge in [-0.15, -0.1) is 0 Å². The molecule has 1 nitrogen and oxygen atoms in total. The average Bonchev–Trinajstić information content (AvgIpc) is 2.96. The topological polar surface area (TPSA) is 9.23 Å². The summed E-state index contributed by atoms with van der Waals surface area (Å²) in [6.45, 7) is 0. The lowest BCUT2D eigenvalue weighted by Gasteiger charge is -2.12. The van der Waals surface area contributed by atoms with Crippen LogP contribution in [-0.4, -0.2) is 7.11 Å². The van der Waals surface area contributed by atoms with E-state index in [-0.39, 0.29) is 0 Å². The molecular weight excluding hydrogens is 292 g/mol. The second kappa shape index (κ2) is 4.07. The molecule has 0 heterocycles. The Bertz CT molecular complexity index is 1280. The van der Waals surface area contributed by atoms with E-state index in [0.717, 1.165) is 5.75 Å². The highest BCUT2D eigenvalue weighted by Crippen LogP contribution is 2.52. The predicted octanol–water partition coefficient (Wildman–Crippen LogP) is 6.24. The molecule has 0 fully saturated rings. The molecule has 0 aromatic heterocycles. The highest BCUT2D eigenvalue weighted by Gasteiger charge is 2.24. The quantitative estimate of drug-likeness (QED) is 0.327. The summed E-state index contributed by atoms with van der Waals surface area (Å²) >= 11 is 0. The zero-order valence-electron chi connectivity index (χ0n) is 13.3. The first kappa shape index (κ1) is 12.4. The van der Waals surface area contributed by atoms with E-state index in [4.69, 9.17) is 4.74 Å². The Morgan fingerprint density at radius 2 is 1.29 bits per heavy atom. The van der Waals surface area contributed by atoms with Crippen LogP contribution in [0.4, 0.5) is 0 Å². The number of rotatable bonds is 1. The van der Waals surface area contributed by atoms with Crippen molar-refractivity contribution in [3.8, 4) is 28.0 Å². The minimum absolute atomic E-state index is 0.913. The van der Waals surface area contributed by atoms with Gasteiger partial charge in [0.2, 0.25) is 0 Å². The molecule has 5 aromatic rings. The van der Waals surface area contributed by atoms with E-state index in [2.05, 4.69) is 66.7 Å². The molecule has 5 aromatic carbocycles. The van der Waals surface area contributed by atoms with Crippen molar-refractivity contribution in [3.63, 3.8) is 0 Å². The predicted molar refractivity (Wildman–Crippen MR) is 101 cm³/mol. The van der Waals surface area contributed by atoms with Gasteiger partial charge in [0, 0.05) is 0 Å². The van der Waals surface area contributed by atoms with Crippen LogP contribution in [-0.2, 0) is 0 Å². The molecule has 0 atom stereocenters. The Labute approximate surface area is 139 Å². The minimum atomic E-state index is 0.913. The number of ether oxygens (including phenoxy) is 1. The van der Waals surface area contributed by atoms with Gasteiger partial charge < -0.3 is 4.74 Å². The van der Waals surface area contributed by atoms with Crippen LogP contribution in [0, 0.1) is 0 Å². The fourth-order valence-corrected chi connectivity index (χ4v) is 4.40. The lowest BCUT2D eigenvalue weighted by Crippen LogP contribution is -1.85. The first-order chi connectivity index (χ1) is 11.8. The Kier molecular flexibility index (Phi) is 2.10. The van der Waals surface area contributed by atoms with Crippen molar-refractivity contribution in [2.75, 3.05) is 7.11 Å². The molecule has 0 amide bonds. The van der Waals surface area contributed by atoms with Crippen molar-refractivity contribution in [2.24, 2.45) is 0 Å². The van der Waals surface area contributed by atoms with Crippen LogP contribution in [0.5, 0.6) is 5.75 Å². The Morgan fingerprint density at radius 1 is 0.542 bits per heavy atom. The molecule has 112 valence electrons. The molecule has 0 saturated carbocycles. The van der Waals surface area contributed by atoms with Gasteiger partial charge in [0.15, 0.2) is 0 Å². The van der Waals surface area contributed by atoms with E-state index >= 15 is 0 Å². The Morgan fingerprint density at radius 3 is 2.17 bits per heavy atom. The smallest absolute Gasteiger partial charge is 0.119 e. The molecule has 1 aliphatic carbocycles. The van der Waals surface area contributed by atoms with E-state index in [1.807, 2.05) is 0 Å². The first-order valence-electron chi connectivity index (χ1n) is 8.24. The summed E-state index contributed by atoms with van der Waals surface area (Å²) in [5, 5.41) is 8.12. The maximum atomic E-state index is 5.46. The molecule has 1 heteroatoms. The maximum Gasteiger partial charge on any atom is 0.119 e. The minimum Gasteiger partial charge on any atom is -0.497 e. The van der Waals surface area contributed by atoms with Crippen LogP contribution in [0.25, 0.3) is 54.6 Å². The van der Waals surface area contributed by atoms with Crippen molar-refractivity contribution in [2.45, 2.75) is 0 Å². The number of hydrogen-bond donors (Lipinski definition) is 0. The van der Waals surface area contributed by atoms with Gasteiger partial charge in [-0.1, -0.05) is 48.5 Å². The monoisotopic (exact) mass is 306 g/mol. The van der Waals surface area contributed by atoms with Gasteiger partial charge in [-0.05, 0) is 72.8 Å². The molecule has 0 saturated heterocycles. The van der Waals surface area contributed by atoms with E-state index in [1.54, 1.807) is 7.11 Å². The fourth-order valence-electron chi connectivity index (χ4n) is 4.40. The first-order valence-corrected chi connectivity index (χ1v) is 8.24. The Balaban J connectivity index is 1.92. The van der Waals surface area contributed by atoms with Crippen LogP contribution in [0.15, 0.2) is 66.7 Å². The summed E-state index contributed by atoms with van der Waals surface area (Å²) in [6, 6.07) is 24.3. The summed E-state index contributed by atoms with van der Waals surface area (Å²) in [5.74, 6) is 0.913. The van der Waals surface area contributed by atoms with Gasteiger partial charge in [-0.2, -0.15) is 0 Å². The largest absolute Gasteiger partial charge is 0.497 e. The van der Waals surface area contributed by atoms with Gasteiger partial charge in [0.05, 0.1) is 7.11 Å². The van der Waals surface area contributed by atoms with Crippen LogP contribution in [0.3, 0.4) is 0 Å². The van der Waals surface area contributed by atoms with Crippen LogP contribution in [0.2, 0.25) is 0 Å². The molecular formula is C23H14O. The molecule has 0 spiro atoms. The molecule has 0 unspecified atom stereocenters. The van der Waals surface area contributed by atoms with Gasteiger partial charge in [0.1, 0.15) is 5.75 Å². The van der Waals surface area contributed by atoms with Crippen molar-refractivity contribution in [3.05, 3.63) is 66.7 Å². The van der Waals surface area contributed by atoms with E-state index < -0.39 is 0 Å². The molecule has 0 radical (unpaired) electrons. The third kappa shape index (κ3) is 1.32.